The maximum Gasteiger partial charge on any atom is 0.146 e. The van der Waals surface area contributed by atoms with Crippen molar-refractivity contribution in [3.8, 4) is 0 Å². The minimum absolute atomic E-state index is 0.101. The van der Waals surface area contributed by atoms with Gasteiger partial charge in [-0.3, -0.25) is 9.59 Å². The van der Waals surface area contributed by atoms with Gasteiger partial charge in [-0.05, 0) is 64.2 Å². The van der Waals surface area contributed by atoms with Crippen LogP contribution in [0.2, 0.25) is 0 Å². The first-order valence-electron chi connectivity index (χ1n) is 7.65. The molecule has 2 aliphatic rings. The van der Waals surface area contributed by atoms with E-state index in [2.05, 4.69) is 19.9 Å². The molecule has 0 N–H and O–H groups in total. The fourth-order valence-corrected chi connectivity index (χ4v) is 3.88. The van der Waals surface area contributed by atoms with Crippen LogP contribution in [0, 0.1) is 17.3 Å². The maximum absolute atomic E-state index is 12.2. The summed E-state index contributed by atoms with van der Waals surface area (Å²) in [5, 5.41) is 0. The van der Waals surface area contributed by atoms with Crippen LogP contribution in [0.1, 0.15) is 65.7 Å². The summed E-state index contributed by atoms with van der Waals surface area (Å²) in [5.74, 6) is 1.42. The number of rotatable bonds is 4. The summed E-state index contributed by atoms with van der Waals surface area (Å²) >= 11 is 0. The molecule has 0 aromatic heterocycles. The van der Waals surface area contributed by atoms with Gasteiger partial charge in [0.2, 0.25) is 0 Å². The second kappa shape index (κ2) is 5.60. The van der Waals surface area contributed by atoms with E-state index in [0.717, 1.165) is 25.7 Å². The van der Waals surface area contributed by atoms with E-state index in [4.69, 9.17) is 0 Å². The Morgan fingerprint density at radius 3 is 2.68 bits per heavy atom. The Hall–Kier alpha value is -0.920. The van der Waals surface area contributed by atoms with E-state index in [1.807, 2.05) is 0 Å². The molecule has 3 atom stereocenters. The van der Waals surface area contributed by atoms with Crippen LogP contribution >= 0.6 is 0 Å². The summed E-state index contributed by atoms with van der Waals surface area (Å²) in [5.41, 5.74) is 0.858. The lowest BCUT2D eigenvalue weighted by atomic mass is 9.69. The lowest BCUT2D eigenvalue weighted by molar-refractivity contribution is -0.138. The zero-order valence-electron chi connectivity index (χ0n) is 12.5. The van der Waals surface area contributed by atoms with Gasteiger partial charge in [-0.1, -0.05) is 18.6 Å². The third kappa shape index (κ3) is 2.82. The van der Waals surface area contributed by atoms with Gasteiger partial charge in [0.25, 0.3) is 0 Å². The molecule has 3 unspecified atom stereocenters. The van der Waals surface area contributed by atoms with Gasteiger partial charge in [0.1, 0.15) is 11.6 Å². The molecule has 0 amide bonds. The Morgan fingerprint density at radius 1 is 1.47 bits per heavy atom. The molecule has 106 valence electrons. The summed E-state index contributed by atoms with van der Waals surface area (Å²) in [6.45, 7) is 6.04. The lowest BCUT2D eigenvalue weighted by Gasteiger charge is -2.33. The topological polar surface area (TPSA) is 34.1 Å². The van der Waals surface area contributed by atoms with Crippen molar-refractivity contribution in [2.75, 3.05) is 0 Å². The van der Waals surface area contributed by atoms with E-state index in [1.165, 1.54) is 18.4 Å². The van der Waals surface area contributed by atoms with E-state index < -0.39 is 5.41 Å². The molecule has 2 heteroatoms. The highest BCUT2D eigenvalue weighted by Crippen LogP contribution is 2.44. The van der Waals surface area contributed by atoms with Gasteiger partial charge >= 0.3 is 0 Å². The van der Waals surface area contributed by atoms with Crippen LogP contribution in [0.25, 0.3) is 0 Å². The Morgan fingerprint density at radius 2 is 2.21 bits per heavy atom. The van der Waals surface area contributed by atoms with Crippen molar-refractivity contribution in [2.24, 2.45) is 17.3 Å². The largest absolute Gasteiger partial charge is 0.299 e. The smallest absolute Gasteiger partial charge is 0.146 e. The molecule has 0 radical (unpaired) electrons. The van der Waals surface area contributed by atoms with E-state index >= 15 is 0 Å². The minimum atomic E-state index is -0.629. The van der Waals surface area contributed by atoms with Crippen LogP contribution in [0.5, 0.6) is 0 Å². The molecule has 1 fully saturated rings. The summed E-state index contributed by atoms with van der Waals surface area (Å²) in [7, 11) is 0. The summed E-state index contributed by atoms with van der Waals surface area (Å²) in [6, 6.07) is 0. The first kappa shape index (κ1) is 14.5. The normalized spacial score (nSPS) is 33.1. The zero-order chi connectivity index (χ0) is 14.0. The number of carbonyl (C=O) groups excluding carboxylic acids is 2. The average molecular weight is 262 g/mol. The van der Waals surface area contributed by atoms with Crippen molar-refractivity contribution in [2.45, 2.75) is 65.7 Å². The predicted octanol–water partition coefficient (Wildman–Crippen LogP) is 4.09. The fourth-order valence-electron chi connectivity index (χ4n) is 3.88. The first-order chi connectivity index (χ1) is 8.95. The van der Waals surface area contributed by atoms with Crippen molar-refractivity contribution in [1.29, 1.82) is 0 Å². The van der Waals surface area contributed by atoms with Crippen molar-refractivity contribution < 1.29 is 9.59 Å². The van der Waals surface area contributed by atoms with Crippen LogP contribution in [-0.2, 0) is 9.59 Å². The number of ketones is 2. The number of carbonyl (C=O) groups is 2. The minimum Gasteiger partial charge on any atom is -0.299 e. The molecule has 19 heavy (non-hydrogen) atoms. The van der Waals surface area contributed by atoms with Crippen LogP contribution < -0.4 is 0 Å². The Kier molecular flexibility index (Phi) is 4.27. The van der Waals surface area contributed by atoms with Gasteiger partial charge in [0.05, 0.1) is 5.41 Å². The van der Waals surface area contributed by atoms with E-state index in [9.17, 15) is 9.59 Å². The Labute approximate surface area is 116 Å². The first-order valence-corrected chi connectivity index (χ1v) is 7.65. The van der Waals surface area contributed by atoms with Crippen LogP contribution in [0.4, 0.5) is 0 Å². The van der Waals surface area contributed by atoms with Crippen molar-refractivity contribution in [3.63, 3.8) is 0 Å². The standard InChI is InChI=1S/C17H26O2/c1-12-6-8-15(9-7-12)13(2)11-17(14(3)18)10-4-5-16(17)19/h6,13,15H,4-5,7-11H2,1-3H3. The van der Waals surface area contributed by atoms with E-state index in [0.29, 0.717) is 18.3 Å². The molecule has 2 aliphatic carbocycles. The van der Waals surface area contributed by atoms with Crippen molar-refractivity contribution in [3.05, 3.63) is 11.6 Å². The van der Waals surface area contributed by atoms with Gasteiger partial charge in [0.15, 0.2) is 0 Å². The SMILES string of the molecule is CC(=O)C1(CC(C)C2CC=C(C)CC2)CCCC1=O. The second-order valence-electron chi connectivity index (χ2n) is 6.68. The molecule has 0 aromatic rings. The average Bonchev–Trinajstić information content (AvgIpc) is 2.73. The highest BCUT2D eigenvalue weighted by molar-refractivity contribution is 6.07. The zero-order valence-corrected chi connectivity index (χ0v) is 12.5. The quantitative estimate of drug-likeness (QED) is 0.565. The maximum atomic E-state index is 12.2. The highest BCUT2D eigenvalue weighted by atomic mass is 16.2. The number of hydrogen-bond acceptors (Lipinski definition) is 2. The number of Topliss-reactive ketones (excluding diaryl/α,β-unsaturated/α-hetero) is 2. The fraction of sp³-hybridized carbons (Fsp3) is 0.765. The molecule has 0 saturated heterocycles. The Bertz CT molecular complexity index is 407. The Balaban J connectivity index is 2.06. The molecular weight excluding hydrogens is 236 g/mol. The van der Waals surface area contributed by atoms with E-state index in [-0.39, 0.29) is 11.6 Å². The molecule has 0 spiro atoms. The van der Waals surface area contributed by atoms with Gasteiger partial charge in [-0.25, -0.2) is 0 Å². The molecule has 0 bridgehead atoms. The third-order valence-corrected chi connectivity index (χ3v) is 5.37. The number of hydrogen-bond donors (Lipinski definition) is 0. The van der Waals surface area contributed by atoms with Crippen molar-refractivity contribution in [1.82, 2.24) is 0 Å². The summed E-state index contributed by atoms with van der Waals surface area (Å²) in [4.78, 5) is 24.2. The highest BCUT2D eigenvalue weighted by Gasteiger charge is 2.47. The number of allylic oxidation sites excluding steroid dienone is 2. The second-order valence-corrected chi connectivity index (χ2v) is 6.68. The van der Waals surface area contributed by atoms with Gasteiger partial charge in [0, 0.05) is 6.42 Å². The van der Waals surface area contributed by atoms with Gasteiger partial charge in [-0.15, -0.1) is 0 Å². The summed E-state index contributed by atoms with van der Waals surface area (Å²) in [6.07, 6.45) is 8.91. The molecule has 0 aromatic carbocycles. The van der Waals surface area contributed by atoms with Crippen LogP contribution in [0.15, 0.2) is 11.6 Å². The molecule has 0 aliphatic heterocycles. The van der Waals surface area contributed by atoms with Crippen LogP contribution in [0.3, 0.4) is 0 Å². The predicted molar refractivity (Wildman–Crippen MR) is 76.9 cm³/mol. The molecule has 2 nitrogen and oxygen atoms in total. The van der Waals surface area contributed by atoms with Gasteiger partial charge in [-0.2, -0.15) is 0 Å². The molecular formula is C17H26O2. The molecule has 1 saturated carbocycles. The molecule has 2 rings (SSSR count). The summed E-state index contributed by atoms with van der Waals surface area (Å²) < 4.78 is 0. The lowest BCUT2D eigenvalue weighted by Crippen LogP contribution is -2.36. The molecule has 0 heterocycles. The van der Waals surface area contributed by atoms with Gasteiger partial charge < -0.3 is 0 Å². The monoisotopic (exact) mass is 262 g/mol. The van der Waals surface area contributed by atoms with E-state index in [1.54, 1.807) is 6.92 Å². The van der Waals surface area contributed by atoms with Crippen molar-refractivity contribution >= 4 is 11.6 Å². The van der Waals surface area contributed by atoms with Crippen LogP contribution in [-0.4, -0.2) is 11.6 Å². The third-order valence-electron chi connectivity index (χ3n) is 5.37.